The van der Waals surface area contributed by atoms with Crippen LogP contribution in [0.15, 0.2) is 5.38 Å². The summed E-state index contributed by atoms with van der Waals surface area (Å²) in [7, 11) is -2.90. The third kappa shape index (κ3) is 5.25. The van der Waals surface area contributed by atoms with Crippen molar-refractivity contribution in [1.29, 1.82) is 0 Å². The maximum atomic E-state index is 10.9. The number of hydrogen-bond donors (Lipinski definition) is 1. The minimum atomic E-state index is -2.90. The number of nitrogens with two attached hydrogens (primary N) is 1. The summed E-state index contributed by atoms with van der Waals surface area (Å²) in [5.41, 5.74) is 6.78. The smallest absolute Gasteiger partial charge is 0.147 e. The van der Waals surface area contributed by atoms with Gasteiger partial charge in [0, 0.05) is 24.1 Å². The molecule has 0 saturated heterocycles. The molecule has 86 valence electrons. The fourth-order valence-electron chi connectivity index (χ4n) is 1.24. The molecule has 1 unspecified atom stereocenters. The van der Waals surface area contributed by atoms with Gasteiger partial charge in [-0.05, 0) is 13.3 Å². The van der Waals surface area contributed by atoms with Gasteiger partial charge in [-0.25, -0.2) is 13.4 Å². The number of aromatic nitrogens is 1. The van der Waals surface area contributed by atoms with Gasteiger partial charge < -0.3 is 5.73 Å². The molecule has 0 aliphatic rings. The largest absolute Gasteiger partial charge is 0.327 e. The Morgan fingerprint density at radius 2 is 2.27 bits per heavy atom. The molecule has 0 radical (unpaired) electrons. The summed E-state index contributed by atoms with van der Waals surface area (Å²) < 4.78 is 21.8. The third-order valence-corrected chi connectivity index (χ3v) is 3.80. The first kappa shape index (κ1) is 12.6. The molecule has 1 aromatic heterocycles. The molecule has 0 spiro atoms. The van der Waals surface area contributed by atoms with Gasteiger partial charge >= 0.3 is 0 Å². The number of aryl methyl sites for hydroxylation is 1. The second-order valence-electron chi connectivity index (χ2n) is 3.74. The highest BCUT2D eigenvalue weighted by Gasteiger charge is 2.10. The van der Waals surface area contributed by atoms with Crippen molar-refractivity contribution < 1.29 is 8.42 Å². The van der Waals surface area contributed by atoms with E-state index in [2.05, 4.69) is 4.98 Å². The van der Waals surface area contributed by atoms with Crippen LogP contribution in [-0.4, -0.2) is 31.5 Å². The zero-order valence-corrected chi connectivity index (χ0v) is 10.6. The van der Waals surface area contributed by atoms with Crippen LogP contribution in [0, 0.1) is 6.92 Å². The molecule has 0 aliphatic carbocycles. The standard InChI is InChI=1S/C9H16N2O2S2/c1-7-11-9(6-14-7)5-8(10)3-4-15(2,12)13/h6,8H,3-5,10H2,1-2H3. The van der Waals surface area contributed by atoms with E-state index in [9.17, 15) is 8.42 Å². The van der Waals surface area contributed by atoms with Crippen molar-refractivity contribution in [3.05, 3.63) is 16.1 Å². The summed E-state index contributed by atoms with van der Waals surface area (Å²) in [6, 6.07) is -0.124. The molecule has 1 heterocycles. The zero-order chi connectivity index (χ0) is 11.5. The average molecular weight is 248 g/mol. The van der Waals surface area contributed by atoms with Crippen molar-refractivity contribution in [3.8, 4) is 0 Å². The molecule has 0 aliphatic heterocycles. The number of rotatable bonds is 5. The first-order valence-electron chi connectivity index (χ1n) is 4.71. The first-order chi connectivity index (χ1) is 6.87. The predicted molar refractivity (Wildman–Crippen MR) is 62.9 cm³/mol. The van der Waals surface area contributed by atoms with Crippen LogP contribution in [0.3, 0.4) is 0 Å². The van der Waals surface area contributed by atoms with E-state index < -0.39 is 9.84 Å². The van der Waals surface area contributed by atoms with E-state index in [0.29, 0.717) is 12.8 Å². The Morgan fingerprint density at radius 1 is 1.60 bits per heavy atom. The Bertz CT molecular complexity index is 412. The van der Waals surface area contributed by atoms with Gasteiger partial charge in [-0.3, -0.25) is 0 Å². The van der Waals surface area contributed by atoms with Crippen molar-refractivity contribution in [3.63, 3.8) is 0 Å². The van der Waals surface area contributed by atoms with E-state index in [1.165, 1.54) is 6.26 Å². The molecule has 1 aromatic rings. The minimum Gasteiger partial charge on any atom is -0.327 e. The van der Waals surface area contributed by atoms with Crippen LogP contribution in [0.5, 0.6) is 0 Å². The summed E-state index contributed by atoms with van der Waals surface area (Å²) in [4.78, 5) is 4.28. The van der Waals surface area contributed by atoms with E-state index in [1.807, 2.05) is 12.3 Å². The van der Waals surface area contributed by atoms with Gasteiger partial charge in [-0.15, -0.1) is 11.3 Å². The van der Waals surface area contributed by atoms with Crippen LogP contribution in [0.2, 0.25) is 0 Å². The molecule has 1 atom stereocenters. The Hall–Kier alpha value is -0.460. The lowest BCUT2D eigenvalue weighted by atomic mass is 10.1. The number of nitrogens with zero attached hydrogens (tertiary/aromatic N) is 1. The summed E-state index contributed by atoms with van der Waals surface area (Å²) in [5.74, 6) is 0.150. The van der Waals surface area contributed by atoms with Crippen molar-refractivity contribution >= 4 is 21.2 Å². The molecule has 0 fully saturated rings. The van der Waals surface area contributed by atoms with Crippen LogP contribution in [-0.2, 0) is 16.3 Å². The minimum absolute atomic E-state index is 0.124. The molecule has 0 aromatic carbocycles. The van der Waals surface area contributed by atoms with Gasteiger partial charge in [0.2, 0.25) is 0 Å². The number of thiazole rings is 1. The van der Waals surface area contributed by atoms with Crippen molar-refractivity contribution in [2.24, 2.45) is 5.73 Å². The normalized spacial score (nSPS) is 14.1. The molecule has 1 rings (SSSR count). The number of hydrogen-bond acceptors (Lipinski definition) is 5. The van der Waals surface area contributed by atoms with E-state index in [0.717, 1.165) is 10.7 Å². The van der Waals surface area contributed by atoms with Crippen molar-refractivity contribution in [2.45, 2.75) is 25.8 Å². The van der Waals surface area contributed by atoms with Crippen LogP contribution >= 0.6 is 11.3 Å². The van der Waals surface area contributed by atoms with Crippen molar-refractivity contribution in [1.82, 2.24) is 4.98 Å². The average Bonchev–Trinajstić information content (AvgIpc) is 2.47. The molecule has 2 N–H and O–H groups in total. The molecule has 6 heteroatoms. The Kier molecular flexibility index (Phi) is 4.24. The topological polar surface area (TPSA) is 73.0 Å². The maximum absolute atomic E-state index is 10.9. The van der Waals surface area contributed by atoms with Gasteiger partial charge in [0.25, 0.3) is 0 Å². The predicted octanol–water partition coefficient (Wildman–Crippen LogP) is 0.756. The van der Waals surface area contributed by atoms with Gasteiger partial charge in [-0.1, -0.05) is 0 Å². The maximum Gasteiger partial charge on any atom is 0.147 e. The second kappa shape index (κ2) is 5.05. The highest BCUT2D eigenvalue weighted by Crippen LogP contribution is 2.10. The van der Waals surface area contributed by atoms with Gasteiger partial charge in [0.05, 0.1) is 16.5 Å². The first-order valence-corrected chi connectivity index (χ1v) is 7.65. The van der Waals surface area contributed by atoms with E-state index in [-0.39, 0.29) is 11.8 Å². The Morgan fingerprint density at radius 3 is 2.73 bits per heavy atom. The highest BCUT2D eigenvalue weighted by atomic mass is 32.2. The summed E-state index contributed by atoms with van der Waals surface area (Å²) in [6.45, 7) is 1.94. The molecule has 0 amide bonds. The summed E-state index contributed by atoms with van der Waals surface area (Å²) >= 11 is 1.59. The SMILES string of the molecule is Cc1nc(CC(N)CCS(C)(=O)=O)cs1. The highest BCUT2D eigenvalue weighted by molar-refractivity contribution is 7.90. The molecular formula is C9H16N2O2S2. The van der Waals surface area contributed by atoms with Gasteiger partial charge in [-0.2, -0.15) is 0 Å². The molecular weight excluding hydrogens is 232 g/mol. The molecule has 0 bridgehead atoms. The monoisotopic (exact) mass is 248 g/mol. The Labute approximate surface area is 94.4 Å². The van der Waals surface area contributed by atoms with Crippen LogP contribution in [0.25, 0.3) is 0 Å². The Balaban J connectivity index is 2.40. The van der Waals surface area contributed by atoms with Gasteiger partial charge in [0.15, 0.2) is 0 Å². The third-order valence-electron chi connectivity index (χ3n) is 2.00. The lowest BCUT2D eigenvalue weighted by Crippen LogP contribution is -2.26. The van der Waals surface area contributed by atoms with Gasteiger partial charge in [0.1, 0.15) is 9.84 Å². The quantitative estimate of drug-likeness (QED) is 0.835. The molecule has 0 saturated carbocycles. The van der Waals surface area contributed by atoms with Crippen LogP contribution < -0.4 is 5.73 Å². The lowest BCUT2D eigenvalue weighted by molar-refractivity contribution is 0.584. The second-order valence-corrected chi connectivity index (χ2v) is 7.06. The van der Waals surface area contributed by atoms with Crippen LogP contribution in [0.4, 0.5) is 0 Å². The summed E-state index contributed by atoms with van der Waals surface area (Å²) in [5, 5.41) is 2.98. The fraction of sp³-hybridized carbons (Fsp3) is 0.667. The lowest BCUT2D eigenvalue weighted by Gasteiger charge is -2.08. The van der Waals surface area contributed by atoms with Crippen molar-refractivity contribution in [2.75, 3.05) is 12.0 Å². The molecule has 4 nitrogen and oxygen atoms in total. The van der Waals surface area contributed by atoms with Crippen LogP contribution in [0.1, 0.15) is 17.1 Å². The summed E-state index contributed by atoms with van der Waals surface area (Å²) in [6.07, 6.45) is 2.38. The van der Waals surface area contributed by atoms with E-state index in [4.69, 9.17) is 5.73 Å². The van der Waals surface area contributed by atoms with E-state index in [1.54, 1.807) is 11.3 Å². The fourth-order valence-corrected chi connectivity index (χ4v) is 2.59. The molecule has 15 heavy (non-hydrogen) atoms. The van der Waals surface area contributed by atoms with E-state index >= 15 is 0 Å². The number of sulfone groups is 1. The zero-order valence-electron chi connectivity index (χ0n) is 8.93.